The molecule has 112 valence electrons. The van der Waals surface area contributed by atoms with Crippen LogP contribution in [0.5, 0.6) is 0 Å². The van der Waals surface area contributed by atoms with Crippen molar-refractivity contribution in [3.05, 3.63) is 34.6 Å². The molecule has 2 rings (SSSR count). The van der Waals surface area contributed by atoms with E-state index in [1.165, 1.54) is 25.3 Å². The normalized spacial score (nSPS) is 19.8. The zero-order valence-corrected chi connectivity index (χ0v) is 13.0. The van der Waals surface area contributed by atoms with E-state index in [1.807, 2.05) is 7.05 Å². The fourth-order valence-corrected chi connectivity index (χ4v) is 3.50. The molecule has 1 N–H and O–H groups in total. The Hall–Kier alpha value is -0.640. The highest BCUT2D eigenvalue weighted by Crippen LogP contribution is 2.35. The highest BCUT2D eigenvalue weighted by molar-refractivity contribution is 6.30. The maximum atomic E-state index is 13.2. The highest BCUT2D eigenvalue weighted by Gasteiger charge is 2.39. The maximum absolute atomic E-state index is 13.2. The molecule has 1 fully saturated rings. The number of methoxy groups -OCH3 is 1. The molecule has 1 unspecified atom stereocenters. The third-order valence-corrected chi connectivity index (χ3v) is 4.80. The van der Waals surface area contributed by atoms with Crippen molar-refractivity contribution in [3.63, 3.8) is 0 Å². The van der Waals surface area contributed by atoms with Crippen LogP contribution in [-0.4, -0.2) is 25.8 Å². The summed E-state index contributed by atoms with van der Waals surface area (Å²) in [5, 5.41) is 3.57. The van der Waals surface area contributed by atoms with Gasteiger partial charge in [-0.05, 0) is 44.0 Å². The second kappa shape index (κ2) is 6.88. The van der Waals surface area contributed by atoms with Crippen molar-refractivity contribution in [2.45, 2.75) is 50.2 Å². The summed E-state index contributed by atoms with van der Waals surface area (Å²) in [5.74, 6) is -0.365. The van der Waals surface area contributed by atoms with Gasteiger partial charge in [0.05, 0.1) is 10.6 Å². The first-order chi connectivity index (χ1) is 9.61. The summed E-state index contributed by atoms with van der Waals surface area (Å²) in [4.78, 5) is 0. The summed E-state index contributed by atoms with van der Waals surface area (Å²) in [6.07, 6.45) is 6.63. The summed E-state index contributed by atoms with van der Waals surface area (Å²) < 4.78 is 19.1. The molecule has 20 heavy (non-hydrogen) atoms. The van der Waals surface area contributed by atoms with E-state index in [0.29, 0.717) is 0 Å². The fraction of sp³-hybridized carbons (Fsp3) is 0.625. The van der Waals surface area contributed by atoms with Gasteiger partial charge in [-0.3, -0.25) is 0 Å². The number of ether oxygens (including phenoxy) is 1. The molecule has 0 aromatic heterocycles. The van der Waals surface area contributed by atoms with Gasteiger partial charge in [0, 0.05) is 13.2 Å². The number of rotatable bonds is 5. The van der Waals surface area contributed by atoms with Gasteiger partial charge in [-0.1, -0.05) is 36.9 Å². The molecule has 1 aliphatic rings. The van der Waals surface area contributed by atoms with E-state index in [4.69, 9.17) is 16.3 Å². The molecule has 0 radical (unpaired) electrons. The number of hydrogen-bond donors (Lipinski definition) is 1. The Morgan fingerprint density at radius 1 is 1.35 bits per heavy atom. The van der Waals surface area contributed by atoms with Gasteiger partial charge in [-0.2, -0.15) is 0 Å². The van der Waals surface area contributed by atoms with Crippen LogP contribution in [0.15, 0.2) is 18.2 Å². The Kier molecular flexibility index (Phi) is 5.42. The molecular formula is C16H23ClFNO. The molecule has 1 saturated carbocycles. The largest absolute Gasteiger partial charge is 0.377 e. The van der Waals surface area contributed by atoms with Crippen LogP contribution in [0.2, 0.25) is 5.02 Å². The summed E-state index contributed by atoms with van der Waals surface area (Å²) in [6, 6.07) is 5.17. The molecule has 0 saturated heterocycles. The minimum atomic E-state index is -0.365. The Morgan fingerprint density at radius 2 is 2.05 bits per heavy atom. The number of hydrogen-bond acceptors (Lipinski definition) is 2. The third kappa shape index (κ3) is 3.33. The van der Waals surface area contributed by atoms with Crippen LogP contribution < -0.4 is 5.32 Å². The smallest absolute Gasteiger partial charge is 0.141 e. The van der Waals surface area contributed by atoms with Crippen LogP contribution in [-0.2, 0) is 11.2 Å². The molecule has 0 bridgehead atoms. The van der Waals surface area contributed by atoms with Gasteiger partial charge >= 0.3 is 0 Å². The quantitative estimate of drug-likeness (QED) is 0.888. The van der Waals surface area contributed by atoms with Crippen LogP contribution in [0.4, 0.5) is 4.39 Å². The first-order valence-corrected chi connectivity index (χ1v) is 7.65. The lowest BCUT2D eigenvalue weighted by Crippen LogP contribution is -2.53. The molecule has 0 spiro atoms. The first-order valence-electron chi connectivity index (χ1n) is 7.27. The SMILES string of the molecule is CNC(Cc1ccc(F)c(Cl)c1)C1(OC)CCCCC1. The second-order valence-electron chi connectivity index (χ2n) is 5.62. The average Bonchev–Trinajstić information content (AvgIpc) is 2.49. The Bertz CT molecular complexity index is 446. The molecule has 4 heteroatoms. The molecule has 1 aliphatic carbocycles. The van der Waals surface area contributed by atoms with E-state index in [2.05, 4.69) is 5.32 Å². The van der Waals surface area contributed by atoms with Crippen molar-refractivity contribution in [2.75, 3.05) is 14.2 Å². The molecule has 0 heterocycles. The van der Waals surface area contributed by atoms with E-state index in [1.54, 1.807) is 19.2 Å². The fourth-order valence-electron chi connectivity index (χ4n) is 3.30. The summed E-state index contributed by atoms with van der Waals surface area (Å²) in [7, 11) is 3.76. The molecular weight excluding hydrogens is 277 g/mol. The lowest BCUT2D eigenvalue weighted by molar-refractivity contribution is -0.0657. The zero-order valence-electron chi connectivity index (χ0n) is 12.2. The number of benzene rings is 1. The van der Waals surface area contributed by atoms with E-state index in [9.17, 15) is 4.39 Å². The summed E-state index contributed by atoms with van der Waals surface area (Å²) >= 11 is 5.87. The van der Waals surface area contributed by atoms with Crippen molar-refractivity contribution in [1.29, 1.82) is 0 Å². The molecule has 1 atom stereocenters. The van der Waals surface area contributed by atoms with E-state index >= 15 is 0 Å². The third-order valence-electron chi connectivity index (χ3n) is 4.51. The van der Waals surface area contributed by atoms with Gasteiger partial charge in [0.2, 0.25) is 0 Å². The minimum absolute atomic E-state index is 0.117. The Morgan fingerprint density at radius 3 is 2.60 bits per heavy atom. The van der Waals surface area contributed by atoms with Gasteiger partial charge < -0.3 is 10.1 Å². The molecule has 1 aromatic rings. The van der Waals surface area contributed by atoms with Crippen molar-refractivity contribution < 1.29 is 9.13 Å². The van der Waals surface area contributed by atoms with Gasteiger partial charge in [-0.15, -0.1) is 0 Å². The van der Waals surface area contributed by atoms with Crippen molar-refractivity contribution in [1.82, 2.24) is 5.32 Å². The topological polar surface area (TPSA) is 21.3 Å². The van der Waals surface area contributed by atoms with Crippen LogP contribution in [0, 0.1) is 5.82 Å². The van der Waals surface area contributed by atoms with Crippen LogP contribution in [0.3, 0.4) is 0 Å². The minimum Gasteiger partial charge on any atom is -0.377 e. The van der Waals surface area contributed by atoms with Gasteiger partial charge in [0.15, 0.2) is 0 Å². The zero-order chi connectivity index (χ0) is 14.6. The molecule has 2 nitrogen and oxygen atoms in total. The predicted octanol–water partition coefficient (Wildman–Crippen LogP) is 3.96. The summed E-state index contributed by atoms with van der Waals surface area (Å²) in [6.45, 7) is 0. The number of halogens is 2. The average molecular weight is 300 g/mol. The monoisotopic (exact) mass is 299 g/mol. The van der Waals surface area contributed by atoms with Gasteiger partial charge in [-0.25, -0.2) is 4.39 Å². The lowest BCUT2D eigenvalue weighted by Gasteiger charge is -2.42. The van der Waals surface area contributed by atoms with Crippen LogP contribution in [0.1, 0.15) is 37.7 Å². The lowest BCUT2D eigenvalue weighted by atomic mass is 9.77. The van der Waals surface area contributed by atoms with Crippen molar-refractivity contribution >= 4 is 11.6 Å². The van der Waals surface area contributed by atoms with Crippen molar-refractivity contribution in [3.8, 4) is 0 Å². The predicted molar refractivity (Wildman–Crippen MR) is 80.8 cm³/mol. The van der Waals surface area contributed by atoms with E-state index < -0.39 is 0 Å². The van der Waals surface area contributed by atoms with Gasteiger partial charge in [0.1, 0.15) is 5.82 Å². The van der Waals surface area contributed by atoms with Crippen LogP contribution >= 0.6 is 11.6 Å². The Labute approximate surface area is 125 Å². The number of nitrogens with one attached hydrogen (secondary N) is 1. The van der Waals surface area contributed by atoms with E-state index in [-0.39, 0.29) is 22.5 Å². The second-order valence-corrected chi connectivity index (χ2v) is 6.03. The molecule has 0 amide bonds. The summed E-state index contributed by atoms with van der Waals surface area (Å²) in [5.41, 5.74) is 0.922. The Balaban J connectivity index is 2.16. The van der Waals surface area contributed by atoms with Crippen molar-refractivity contribution in [2.24, 2.45) is 0 Å². The molecule has 0 aliphatic heterocycles. The van der Waals surface area contributed by atoms with Crippen LogP contribution in [0.25, 0.3) is 0 Å². The highest BCUT2D eigenvalue weighted by atomic mass is 35.5. The van der Waals surface area contributed by atoms with E-state index in [0.717, 1.165) is 24.8 Å². The standard InChI is InChI=1S/C16H23ClFNO/c1-19-15(16(20-2)8-4-3-5-9-16)11-12-6-7-14(18)13(17)10-12/h6-7,10,15,19H,3-5,8-9,11H2,1-2H3. The maximum Gasteiger partial charge on any atom is 0.141 e. The molecule has 1 aromatic carbocycles. The van der Waals surface area contributed by atoms with Gasteiger partial charge in [0.25, 0.3) is 0 Å². The first kappa shape index (κ1) is 15.7. The number of likely N-dealkylation sites (N-methyl/N-ethyl adjacent to an activating group) is 1.